The quantitative estimate of drug-likeness (QED) is 0.647. The molecule has 64 valence electrons. The van der Waals surface area contributed by atoms with E-state index in [9.17, 15) is 0 Å². The first kappa shape index (κ1) is 9.32. The standard InChI is InChI=1S/C11H9NO/c12-9-11-7-2-1-5-10(11)6-3-4-8-13/h1-2,5,7,13H,4,8H2. The number of benzene rings is 1. The van der Waals surface area contributed by atoms with Crippen molar-refractivity contribution in [2.75, 3.05) is 6.61 Å². The van der Waals surface area contributed by atoms with Crippen molar-refractivity contribution in [2.24, 2.45) is 0 Å². The molecular weight excluding hydrogens is 162 g/mol. The molecule has 0 spiro atoms. The lowest BCUT2D eigenvalue weighted by atomic mass is 10.1. The molecule has 13 heavy (non-hydrogen) atoms. The van der Waals surface area contributed by atoms with Crippen LogP contribution in [0.5, 0.6) is 0 Å². The first-order valence-corrected chi connectivity index (χ1v) is 3.97. The van der Waals surface area contributed by atoms with E-state index < -0.39 is 0 Å². The lowest BCUT2D eigenvalue weighted by Gasteiger charge is -1.91. The van der Waals surface area contributed by atoms with Gasteiger partial charge in [0.05, 0.1) is 12.2 Å². The monoisotopic (exact) mass is 171 g/mol. The number of aliphatic hydroxyl groups is 1. The molecule has 0 saturated heterocycles. The summed E-state index contributed by atoms with van der Waals surface area (Å²) < 4.78 is 0. The van der Waals surface area contributed by atoms with Gasteiger partial charge in [-0.3, -0.25) is 0 Å². The molecule has 2 heteroatoms. The highest BCUT2D eigenvalue weighted by Gasteiger charge is 1.94. The molecule has 0 unspecified atom stereocenters. The van der Waals surface area contributed by atoms with Crippen molar-refractivity contribution in [3.8, 4) is 17.9 Å². The molecule has 2 nitrogen and oxygen atoms in total. The van der Waals surface area contributed by atoms with Crippen LogP contribution in [0, 0.1) is 23.2 Å². The van der Waals surface area contributed by atoms with Crippen LogP contribution in [-0.2, 0) is 0 Å². The van der Waals surface area contributed by atoms with Gasteiger partial charge in [0.15, 0.2) is 0 Å². The molecule has 0 aliphatic rings. The van der Waals surface area contributed by atoms with Crippen molar-refractivity contribution in [3.05, 3.63) is 35.4 Å². The van der Waals surface area contributed by atoms with E-state index in [1.165, 1.54) is 0 Å². The Labute approximate surface area is 77.4 Å². The van der Waals surface area contributed by atoms with E-state index in [0.717, 1.165) is 5.56 Å². The minimum absolute atomic E-state index is 0.0573. The first-order chi connectivity index (χ1) is 6.38. The van der Waals surface area contributed by atoms with Gasteiger partial charge in [-0.2, -0.15) is 5.26 Å². The zero-order valence-corrected chi connectivity index (χ0v) is 7.12. The second kappa shape index (κ2) is 4.98. The van der Waals surface area contributed by atoms with E-state index in [2.05, 4.69) is 17.9 Å². The van der Waals surface area contributed by atoms with Gasteiger partial charge in [0.2, 0.25) is 0 Å². The Bertz CT molecular complexity index is 379. The Morgan fingerprint density at radius 1 is 1.23 bits per heavy atom. The van der Waals surface area contributed by atoms with Crippen LogP contribution in [0.2, 0.25) is 0 Å². The van der Waals surface area contributed by atoms with E-state index in [1.54, 1.807) is 18.2 Å². The predicted molar refractivity (Wildman–Crippen MR) is 49.7 cm³/mol. The largest absolute Gasteiger partial charge is 0.395 e. The fourth-order valence-electron chi connectivity index (χ4n) is 0.903. The lowest BCUT2D eigenvalue weighted by molar-refractivity contribution is 0.305. The van der Waals surface area contributed by atoms with Gasteiger partial charge in [-0.05, 0) is 12.1 Å². The average Bonchev–Trinajstić information content (AvgIpc) is 2.19. The van der Waals surface area contributed by atoms with E-state index in [0.29, 0.717) is 12.0 Å². The molecule has 0 amide bonds. The third-order valence-electron chi connectivity index (χ3n) is 1.51. The summed E-state index contributed by atoms with van der Waals surface area (Å²) >= 11 is 0. The van der Waals surface area contributed by atoms with E-state index in [-0.39, 0.29) is 6.61 Å². The van der Waals surface area contributed by atoms with Crippen molar-refractivity contribution >= 4 is 0 Å². The second-order valence-corrected chi connectivity index (χ2v) is 2.43. The summed E-state index contributed by atoms with van der Waals surface area (Å²) in [5.74, 6) is 5.61. The molecule has 1 N–H and O–H groups in total. The molecule has 1 aromatic carbocycles. The summed E-state index contributed by atoms with van der Waals surface area (Å²) in [6.07, 6.45) is 0.444. The summed E-state index contributed by atoms with van der Waals surface area (Å²) in [6.45, 7) is 0.0573. The highest BCUT2D eigenvalue weighted by Crippen LogP contribution is 2.04. The zero-order valence-electron chi connectivity index (χ0n) is 7.12. The van der Waals surface area contributed by atoms with E-state index in [1.807, 2.05) is 6.07 Å². The van der Waals surface area contributed by atoms with Crippen molar-refractivity contribution in [2.45, 2.75) is 6.42 Å². The second-order valence-electron chi connectivity index (χ2n) is 2.43. The zero-order chi connectivity index (χ0) is 9.52. The van der Waals surface area contributed by atoms with Crippen molar-refractivity contribution in [3.63, 3.8) is 0 Å². The van der Waals surface area contributed by atoms with E-state index in [4.69, 9.17) is 10.4 Å². The SMILES string of the molecule is N#Cc1ccccc1C#CCCO. The Balaban J connectivity index is 2.91. The molecule has 0 aliphatic heterocycles. The van der Waals surface area contributed by atoms with Gasteiger partial charge in [-0.1, -0.05) is 24.0 Å². The molecule has 0 aliphatic carbocycles. The lowest BCUT2D eigenvalue weighted by Crippen LogP contribution is -1.82. The molecule has 1 aromatic rings. The van der Waals surface area contributed by atoms with Crippen LogP contribution in [0.15, 0.2) is 24.3 Å². The first-order valence-electron chi connectivity index (χ1n) is 3.97. The fraction of sp³-hybridized carbons (Fsp3) is 0.182. The molecule has 0 bridgehead atoms. The molecular formula is C11H9NO. The number of hydrogen-bond donors (Lipinski definition) is 1. The van der Waals surface area contributed by atoms with Gasteiger partial charge in [-0.25, -0.2) is 0 Å². The van der Waals surface area contributed by atoms with Gasteiger partial charge in [-0.15, -0.1) is 0 Å². The van der Waals surface area contributed by atoms with Crippen LogP contribution in [0.25, 0.3) is 0 Å². The Kier molecular flexibility index (Phi) is 3.57. The summed E-state index contributed by atoms with van der Waals surface area (Å²) in [6, 6.07) is 9.22. The minimum atomic E-state index is 0.0573. The van der Waals surface area contributed by atoms with Gasteiger partial charge >= 0.3 is 0 Å². The molecule has 0 radical (unpaired) electrons. The maximum Gasteiger partial charge on any atom is 0.100 e. The molecule has 0 fully saturated rings. The molecule has 1 rings (SSSR count). The molecule has 0 aromatic heterocycles. The van der Waals surface area contributed by atoms with Crippen LogP contribution in [0.4, 0.5) is 0 Å². The van der Waals surface area contributed by atoms with Crippen LogP contribution in [0.1, 0.15) is 17.5 Å². The third kappa shape index (κ3) is 2.63. The van der Waals surface area contributed by atoms with Gasteiger partial charge in [0.1, 0.15) is 6.07 Å². The fourth-order valence-corrected chi connectivity index (χ4v) is 0.903. The normalized spacial score (nSPS) is 8.31. The summed E-state index contributed by atoms with van der Waals surface area (Å²) in [5.41, 5.74) is 1.30. The maximum absolute atomic E-state index is 8.71. The molecule has 0 atom stereocenters. The minimum Gasteiger partial charge on any atom is -0.395 e. The number of hydrogen-bond acceptors (Lipinski definition) is 2. The van der Waals surface area contributed by atoms with Crippen LogP contribution < -0.4 is 0 Å². The van der Waals surface area contributed by atoms with Gasteiger partial charge < -0.3 is 5.11 Å². The van der Waals surface area contributed by atoms with Crippen LogP contribution >= 0.6 is 0 Å². The summed E-state index contributed by atoms with van der Waals surface area (Å²) in [4.78, 5) is 0. The summed E-state index contributed by atoms with van der Waals surface area (Å²) in [7, 11) is 0. The Hall–Kier alpha value is -1.77. The van der Waals surface area contributed by atoms with Gasteiger partial charge in [0, 0.05) is 12.0 Å². The highest BCUT2D eigenvalue weighted by atomic mass is 16.2. The summed E-state index contributed by atoms with van der Waals surface area (Å²) in [5, 5.41) is 17.2. The Morgan fingerprint density at radius 3 is 2.54 bits per heavy atom. The van der Waals surface area contributed by atoms with E-state index >= 15 is 0 Å². The molecule has 0 heterocycles. The van der Waals surface area contributed by atoms with Gasteiger partial charge in [0.25, 0.3) is 0 Å². The average molecular weight is 171 g/mol. The molecule has 0 saturated carbocycles. The Morgan fingerprint density at radius 2 is 1.92 bits per heavy atom. The number of nitriles is 1. The van der Waals surface area contributed by atoms with Crippen LogP contribution in [-0.4, -0.2) is 11.7 Å². The predicted octanol–water partition coefficient (Wildman–Crippen LogP) is 1.29. The number of nitrogens with zero attached hydrogens (tertiary/aromatic N) is 1. The number of aliphatic hydroxyl groups excluding tert-OH is 1. The smallest absolute Gasteiger partial charge is 0.100 e. The highest BCUT2D eigenvalue weighted by molar-refractivity contribution is 5.47. The van der Waals surface area contributed by atoms with Crippen molar-refractivity contribution in [1.82, 2.24) is 0 Å². The topological polar surface area (TPSA) is 44.0 Å². The maximum atomic E-state index is 8.71. The third-order valence-corrected chi connectivity index (χ3v) is 1.51. The number of rotatable bonds is 1. The van der Waals surface area contributed by atoms with Crippen molar-refractivity contribution in [1.29, 1.82) is 5.26 Å². The van der Waals surface area contributed by atoms with Crippen LogP contribution in [0.3, 0.4) is 0 Å². The van der Waals surface area contributed by atoms with Crippen molar-refractivity contribution < 1.29 is 5.11 Å².